The van der Waals surface area contributed by atoms with Gasteiger partial charge in [-0.2, -0.15) is 27.9 Å². The minimum Gasteiger partial charge on any atom is -0.430 e. The van der Waals surface area contributed by atoms with Crippen LogP contribution in [0, 0.1) is 0 Å². The summed E-state index contributed by atoms with van der Waals surface area (Å²) in [5.41, 5.74) is -0.371. The van der Waals surface area contributed by atoms with Gasteiger partial charge in [0.1, 0.15) is 6.26 Å². The molecule has 0 spiro atoms. The lowest BCUT2D eigenvalue weighted by molar-refractivity contribution is -0.141. The number of oxazole rings is 1. The molecular weight excluding hydrogens is 249 g/mol. The molecule has 18 heavy (non-hydrogen) atoms. The van der Waals surface area contributed by atoms with E-state index in [2.05, 4.69) is 15.4 Å². The molecule has 0 radical (unpaired) electrons. The van der Waals surface area contributed by atoms with Crippen LogP contribution in [0.15, 0.2) is 22.9 Å². The highest BCUT2D eigenvalue weighted by atomic mass is 19.4. The van der Waals surface area contributed by atoms with E-state index in [1.807, 2.05) is 6.92 Å². The Hall–Kier alpha value is -1.83. The molecular formula is C10H11F3N4O. The van der Waals surface area contributed by atoms with E-state index in [9.17, 15) is 13.2 Å². The molecule has 0 atom stereocenters. The highest BCUT2D eigenvalue weighted by Crippen LogP contribution is 2.27. The van der Waals surface area contributed by atoms with Crippen LogP contribution in [0.4, 0.5) is 13.2 Å². The van der Waals surface area contributed by atoms with Crippen molar-refractivity contribution >= 4 is 0 Å². The van der Waals surface area contributed by atoms with Crippen LogP contribution in [0.25, 0.3) is 6.01 Å². The predicted octanol–water partition coefficient (Wildman–Crippen LogP) is 1.99. The van der Waals surface area contributed by atoms with Gasteiger partial charge < -0.3 is 9.73 Å². The van der Waals surface area contributed by atoms with Crippen LogP contribution in [-0.4, -0.2) is 21.3 Å². The highest BCUT2D eigenvalue weighted by Gasteiger charge is 2.33. The van der Waals surface area contributed by atoms with Gasteiger partial charge in [0.2, 0.25) is 0 Å². The van der Waals surface area contributed by atoms with Gasteiger partial charge >= 0.3 is 12.2 Å². The number of alkyl halides is 3. The van der Waals surface area contributed by atoms with Crippen LogP contribution < -0.4 is 5.32 Å². The Morgan fingerprint density at radius 1 is 1.44 bits per heavy atom. The summed E-state index contributed by atoms with van der Waals surface area (Å²) >= 11 is 0. The van der Waals surface area contributed by atoms with Crippen molar-refractivity contribution in [3.63, 3.8) is 0 Å². The van der Waals surface area contributed by atoms with Crippen molar-refractivity contribution in [2.45, 2.75) is 19.6 Å². The van der Waals surface area contributed by atoms with E-state index in [1.165, 1.54) is 6.26 Å². The third kappa shape index (κ3) is 2.70. The van der Waals surface area contributed by atoms with Gasteiger partial charge in [0.15, 0.2) is 5.69 Å². The summed E-state index contributed by atoms with van der Waals surface area (Å²) in [6.45, 7) is 3.19. The Balaban J connectivity index is 2.16. The topological polar surface area (TPSA) is 55.9 Å². The maximum atomic E-state index is 12.4. The van der Waals surface area contributed by atoms with Crippen LogP contribution in [0.1, 0.15) is 18.3 Å². The number of aromatic nitrogens is 3. The Morgan fingerprint density at radius 3 is 2.83 bits per heavy atom. The second kappa shape index (κ2) is 4.81. The molecule has 2 heterocycles. The number of halogens is 3. The summed E-state index contributed by atoms with van der Waals surface area (Å²) in [5, 5.41) is 6.39. The van der Waals surface area contributed by atoms with Crippen molar-refractivity contribution in [3.05, 3.63) is 29.9 Å². The first kappa shape index (κ1) is 12.6. The second-order valence-corrected chi connectivity index (χ2v) is 3.55. The van der Waals surface area contributed by atoms with Gasteiger partial charge in [-0.1, -0.05) is 6.92 Å². The van der Waals surface area contributed by atoms with Crippen molar-refractivity contribution in [1.29, 1.82) is 0 Å². The molecule has 0 aromatic carbocycles. The third-order valence-corrected chi connectivity index (χ3v) is 2.17. The molecule has 0 unspecified atom stereocenters. The van der Waals surface area contributed by atoms with Crippen molar-refractivity contribution in [3.8, 4) is 6.01 Å². The summed E-state index contributed by atoms with van der Waals surface area (Å²) < 4.78 is 43.1. The first-order valence-corrected chi connectivity index (χ1v) is 5.29. The normalized spacial score (nSPS) is 12.0. The van der Waals surface area contributed by atoms with Crippen molar-refractivity contribution in [1.82, 2.24) is 20.1 Å². The molecule has 98 valence electrons. The first-order chi connectivity index (χ1) is 8.50. The minimum absolute atomic E-state index is 0.0124. The van der Waals surface area contributed by atoms with E-state index < -0.39 is 11.9 Å². The van der Waals surface area contributed by atoms with Gasteiger partial charge in [-0.15, -0.1) is 0 Å². The minimum atomic E-state index is -4.47. The maximum absolute atomic E-state index is 12.4. The Morgan fingerprint density at radius 2 is 2.22 bits per heavy atom. The summed E-state index contributed by atoms with van der Waals surface area (Å²) in [6, 6.07) is 0.882. The molecule has 0 aliphatic carbocycles. The fourth-order valence-electron chi connectivity index (χ4n) is 1.32. The molecule has 2 rings (SSSR count). The van der Waals surface area contributed by atoms with E-state index >= 15 is 0 Å². The number of rotatable bonds is 4. The average Bonchev–Trinajstić information content (AvgIpc) is 2.93. The molecule has 8 heteroatoms. The largest absolute Gasteiger partial charge is 0.435 e. The smallest absolute Gasteiger partial charge is 0.430 e. The highest BCUT2D eigenvalue weighted by molar-refractivity contribution is 5.13. The number of nitrogens with one attached hydrogen (secondary N) is 1. The summed E-state index contributed by atoms with van der Waals surface area (Å²) in [6.07, 6.45) is -1.93. The quantitative estimate of drug-likeness (QED) is 0.913. The van der Waals surface area contributed by atoms with Gasteiger partial charge in [0.25, 0.3) is 0 Å². The lowest BCUT2D eigenvalue weighted by Gasteiger charge is -1.99. The SMILES string of the molecule is CCNCc1coc(-n2ccc(C(F)(F)F)n2)n1. The van der Waals surface area contributed by atoms with E-state index in [0.29, 0.717) is 12.2 Å². The average molecular weight is 260 g/mol. The zero-order chi connectivity index (χ0) is 13.2. The van der Waals surface area contributed by atoms with Crippen molar-refractivity contribution < 1.29 is 17.6 Å². The van der Waals surface area contributed by atoms with Gasteiger partial charge in [0, 0.05) is 12.7 Å². The molecule has 2 aromatic rings. The Labute approximate surface area is 101 Å². The Bertz CT molecular complexity index is 517. The van der Waals surface area contributed by atoms with Gasteiger partial charge in [-0.25, -0.2) is 0 Å². The predicted molar refractivity (Wildman–Crippen MR) is 56.0 cm³/mol. The molecule has 0 saturated heterocycles. The van der Waals surface area contributed by atoms with Gasteiger partial charge in [0.05, 0.1) is 5.69 Å². The molecule has 0 bridgehead atoms. The van der Waals surface area contributed by atoms with Crippen LogP contribution in [0.3, 0.4) is 0 Å². The molecule has 0 saturated carbocycles. The van der Waals surface area contributed by atoms with Crippen molar-refractivity contribution in [2.24, 2.45) is 0 Å². The van der Waals surface area contributed by atoms with Crippen LogP contribution >= 0.6 is 0 Å². The van der Waals surface area contributed by atoms with E-state index in [0.717, 1.165) is 23.5 Å². The standard InChI is InChI=1S/C10H11F3N4O/c1-2-14-5-7-6-18-9(15-7)17-4-3-8(16-17)10(11,12)13/h3-4,6,14H,2,5H2,1H3. The molecule has 5 nitrogen and oxygen atoms in total. The van der Waals surface area contributed by atoms with E-state index in [1.54, 1.807) is 0 Å². The van der Waals surface area contributed by atoms with Crippen LogP contribution in [0.5, 0.6) is 0 Å². The number of hydrogen-bond donors (Lipinski definition) is 1. The molecule has 0 aliphatic rings. The second-order valence-electron chi connectivity index (χ2n) is 3.55. The molecule has 0 aliphatic heterocycles. The van der Waals surface area contributed by atoms with Gasteiger partial charge in [-0.05, 0) is 12.6 Å². The number of nitrogens with zero attached hydrogens (tertiary/aromatic N) is 3. The fourth-order valence-corrected chi connectivity index (χ4v) is 1.32. The molecule has 1 N–H and O–H groups in total. The van der Waals surface area contributed by atoms with Gasteiger partial charge in [-0.3, -0.25) is 0 Å². The zero-order valence-corrected chi connectivity index (χ0v) is 9.53. The monoisotopic (exact) mass is 260 g/mol. The van der Waals surface area contributed by atoms with Crippen molar-refractivity contribution in [2.75, 3.05) is 6.54 Å². The molecule has 2 aromatic heterocycles. The zero-order valence-electron chi connectivity index (χ0n) is 9.53. The lowest BCUT2D eigenvalue weighted by atomic mass is 10.4. The van der Waals surface area contributed by atoms with E-state index in [4.69, 9.17) is 4.42 Å². The molecule has 0 fully saturated rings. The summed E-state index contributed by atoms with van der Waals surface area (Å²) in [5.74, 6) is 0. The molecule has 0 amide bonds. The summed E-state index contributed by atoms with van der Waals surface area (Å²) in [4.78, 5) is 4.02. The van der Waals surface area contributed by atoms with E-state index in [-0.39, 0.29) is 6.01 Å². The third-order valence-electron chi connectivity index (χ3n) is 2.17. The maximum Gasteiger partial charge on any atom is 0.435 e. The summed E-state index contributed by atoms with van der Waals surface area (Å²) in [7, 11) is 0. The van der Waals surface area contributed by atoms with Crippen LogP contribution in [0.2, 0.25) is 0 Å². The van der Waals surface area contributed by atoms with Crippen LogP contribution in [-0.2, 0) is 12.7 Å². The first-order valence-electron chi connectivity index (χ1n) is 5.29. The Kier molecular flexibility index (Phi) is 3.37. The number of hydrogen-bond acceptors (Lipinski definition) is 4. The lowest BCUT2D eigenvalue weighted by Crippen LogP contribution is -2.12. The fraction of sp³-hybridized carbons (Fsp3) is 0.400.